The van der Waals surface area contributed by atoms with Crippen LogP contribution >= 0.6 is 0 Å². The summed E-state index contributed by atoms with van der Waals surface area (Å²) in [5.41, 5.74) is 5.02. The van der Waals surface area contributed by atoms with Gasteiger partial charge in [-0.15, -0.1) is 0 Å². The summed E-state index contributed by atoms with van der Waals surface area (Å²) >= 11 is 0. The van der Waals surface area contributed by atoms with Crippen LogP contribution in [0.15, 0.2) is 65.9 Å². The van der Waals surface area contributed by atoms with Gasteiger partial charge in [0.1, 0.15) is 6.42 Å². The summed E-state index contributed by atoms with van der Waals surface area (Å²) in [6.07, 6.45) is 22.8. The van der Waals surface area contributed by atoms with Gasteiger partial charge in [-0.25, -0.2) is 0 Å². The van der Waals surface area contributed by atoms with Crippen LogP contribution in [0.1, 0.15) is 161 Å². The fraction of sp³-hybridized carbons (Fsp3) is 0.587. The van der Waals surface area contributed by atoms with Crippen molar-refractivity contribution in [1.82, 2.24) is 0 Å². The number of hydrogen-bond acceptors (Lipinski definition) is 4. The van der Waals surface area contributed by atoms with Crippen LogP contribution in [-0.4, -0.2) is 46.8 Å². The van der Waals surface area contributed by atoms with Crippen LogP contribution in [0.25, 0.3) is 5.57 Å². The molecule has 0 bridgehead atoms. The lowest BCUT2D eigenvalue weighted by atomic mass is 9.69. The first-order valence-electron chi connectivity index (χ1n) is 20.8. The number of aliphatic carboxylic acids is 1. The molecule has 1 heterocycles. The van der Waals surface area contributed by atoms with Gasteiger partial charge in [-0.05, 0) is 43.4 Å². The smallest absolute Gasteiger partial charge is 0.309 e. The molecule has 2 aliphatic rings. The summed E-state index contributed by atoms with van der Waals surface area (Å²) in [5.74, 6) is -1.29. The molecule has 1 aliphatic carbocycles. The molecule has 0 saturated carbocycles. The minimum absolute atomic E-state index is 0.0288. The Morgan fingerprint density at radius 2 is 1.29 bits per heavy atom. The number of anilines is 1. The number of fused-ring (bicyclic) bond motifs is 1. The van der Waals surface area contributed by atoms with E-state index >= 15 is 0 Å². The average Bonchev–Trinajstić information content (AvgIpc) is 3.41. The number of ketones is 1. The molecule has 0 fully saturated rings. The van der Waals surface area contributed by atoms with Crippen LogP contribution in [-0.2, 0) is 15.0 Å². The highest BCUT2D eigenvalue weighted by molar-refractivity contribution is 6.40. The van der Waals surface area contributed by atoms with Crippen molar-refractivity contribution in [1.29, 1.82) is 0 Å². The van der Waals surface area contributed by atoms with E-state index in [2.05, 4.69) is 67.5 Å². The first-order valence-corrected chi connectivity index (χ1v) is 20.8. The number of unbranched alkanes of at least 4 members (excludes halogenated alkanes) is 12. The van der Waals surface area contributed by atoms with Crippen LogP contribution in [0.2, 0.25) is 0 Å². The molecule has 284 valence electrons. The fourth-order valence-corrected chi connectivity index (χ4v) is 8.23. The fourth-order valence-electron chi connectivity index (χ4n) is 8.23. The maximum atomic E-state index is 13.9. The number of carbonyl (C=O) groups is 2. The molecule has 4 rings (SSSR count). The molecule has 0 amide bonds. The maximum Gasteiger partial charge on any atom is 0.309 e. The Hall–Kier alpha value is -3.67. The lowest BCUT2D eigenvalue weighted by Gasteiger charge is -2.33. The van der Waals surface area contributed by atoms with Gasteiger partial charge in [-0.1, -0.05) is 154 Å². The van der Waals surface area contributed by atoms with E-state index in [1.54, 1.807) is 0 Å². The van der Waals surface area contributed by atoms with Crippen molar-refractivity contribution in [3.05, 3.63) is 77.1 Å². The molecular weight excluding hydrogens is 645 g/mol. The van der Waals surface area contributed by atoms with Crippen LogP contribution in [0.4, 0.5) is 11.4 Å². The third-order valence-corrected chi connectivity index (χ3v) is 11.3. The van der Waals surface area contributed by atoms with Gasteiger partial charge < -0.3 is 15.1 Å². The van der Waals surface area contributed by atoms with Crippen molar-refractivity contribution in [3.8, 4) is 0 Å². The molecule has 6 nitrogen and oxygen atoms in total. The Kier molecular flexibility index (Phi) is 16.7. The molecule has 6 heteroatoms. The predicted octanol–water partition coefficient (Wildman–Crippen LogP) is 10.7. The number of rotatable bonds is 26. The Balaban J connectivity index is 1.62. The molecule has 0 saturated heterocycles. The second kappa shape index (κ2) is 21.1. The van der Waals surface area contributed by atoms with Gasteiger partial charge in [-0.3, -0.25) is 9.59 Å². The van der Waals surface area contributed by atoms with E-state index in [4.69, 9.17) is 0 Å². The summed E-state index contributed by atoms with van der Waals surface area (Å²) in [6, 6.07) is 16.4. The van der Waals surface area contributed by atoms with Crippen molar-refractivity contribution in [2.24, 2.45) is 0 Å². The molecule has 0 radical (unpaired) electrons. The normalized spacial score (nSPS) is 15.8. The second-order valence-electron chi connectivity index (χ2n) is 15.1. The molecule has 1 N–H and O–H groups in total. The van der Waals surface area contributed by atoms with E-state index in [0.717, 1.165) is 68.7 Å². The number of carboxylic acid groups (broad SMARTS) is 1. The molecule has 2 aromatic carbocycles. The average molecular weight is 711 g/mol. The Labute approximate surface area is 314 Å². The van der Waals surface area contributed by atoms with Gasteiger partial charge >= 0.3 is 5.97 Å². The van der Waals surface area contributed by atoms with E-state index in [0.29, 0.717) is 12.1 Å². The zero-order chi connectivity index (χ0) is 37.3. The van der Waals surface area contributed by atoms with Crippen LogP contribution < -0.4 is 10.0 Å². The third-order valence-electron chi connectivity index (χ3n) is 11.3. The van der Waals surface area contributed by atoms with Crippen molar-refractivity contribution in [2.75, 3.05) is 24.5 Å². The third kappa shape index (κ3) is 10.3. The van der Waals surface area contributed by atoms with Crippen LogP contribution in [0.5, 0.6) is 0 Å². The maximum absolute atomic E-state index is 13.9. The first kappa shape index (κ1) is 41.1. The van der Waals surface area contributed by atoms with Crippen molar-refractivity contribution >= 4 is 34.4 Å². The Bertz CT molecular complexity index is 1530. The summed E-state index contributed by atoms with van der Waals surface area (Å²) in [4.78, 5) is 28.2. The quantitative estimate of drug-likeness (QED) is 0.0597. The van der Waals surface area contributed by atoms with Crippen molar-refractivity contribution < 1.29 is 24.4 Å². The second-order valence-corrected chi connectivity index (χ2v) is 15.1. The molecule has 1 aliphatic heterocycles. The Morgan fingerprint density at radius 3 is 1.83 bits per heavy atom. The van der Waals surface area contributed by atoms with Gasteiger partial charge in [0.2, 0.25) is 5.69 Å². The van der Waals surface area contributed by atoms with Crippen LogP contribution in [0, 0.1) is 0 Å². The van der Waals surface area contributed by atoms with Crippen LogP contribution in [0.3, 0.4) is 0 Å². The first-order chi connectivity index (χ1) is 25.3. The monoisotopic (exact) mass is 711 g/mol. The molecule has 0 spiro atoms. The predicted molar refractivity (Wildman–Crippen MR) is 215 cm³/mol. The number of carboxylic acids is 1. The highest BCUT2D eigenvalue weighted by atomic mass is 16.4. The van der Waals surface area contributed by atoms with Gasteiger partial charge in [0, 0.05) is 47.6 Å². The topological polar surface area (TPSA) is 83.7 Å². The van der Waals surface area contributed by atoms with E-state index in [1.807, 2.05) is 24.3 Å². The number of allylic oxidation sites excluding steroid dienone is 3. The van der Waals surface area contributed by atoms with Crippen molar-refractivity contribution in [2.45, 2.75) is 155 Å². The molecule has 52 heavy (non-hydrogen) atoms. The number of hydrogen-bond donors (Lipinski definition) is 1. The van der Waals surface area contributed by atoms with Gasteiger partial charge in [-0.2, -0.15) is 4.58 Å². The largest absolute Gasteiger partial charge is 0.871 e. The Morgan fingerprint density at radius 1 is 0.750 bits per heavy atom. The molecular formula is C46H66N2O4. The number of Topliss-reactive ketones (excluding diaryl/α,β-unsaturated/α-hetero) is 1. The van der Waals surface area contributed by atoms with E-state index < -0.39 is 5.97 Å². The van der Waals surface area contributed by atoms with Gasteiger partial charge in [0.15, 0.2) is 18.0 Å². The number of nitrogens with zero attached hydrogens (tertiary/aromatic N) is 2. The zero-order valence-electron chi connectivity index (χ0n) is 32.8. The lowest BCUT2D eigenvalue weighted by Crippen LogP contribution is -2.37. The summed E-state index contributed by atoms with van der Waals surface area (Å²) in [6.45, 7) is 11.2. The van der Waals surface area contributed by atoms with E-state index in [9.17, 15) is 19.8 Å². The van der Waals surface area contributed by atoms with Gasteiger partial charge in [0.25, 0.3) is 0 Å². The highest BCUT2D eigenvalue weighted by Crippen LogP contribution is 2.48. The number of benzene rings is 2. The van der Waals surface area contributed by atoms with Gasteiger partial charge in [0.05, 0.1) is 5.41 Å². The molecule has 2 aromatic rings. The standard InChI is InChI=1S/C46H66N2O4/c1-5-9-13-15-17-21-32-47(33-22-18-16-14-10-6-2)37-27-25-36(26-28-37)43-44(51)38(45(43)52)35-41-46(30-11-7-3,31-12-8-4)39-23-19-20-24-40(39)48(41)34-29-42(49)50/h19-20,23-28,35H,5-18,21-22,29-34H2,1-4H3,(H-,49,50,51,52). The SMILES string of the molecule is CCCCCCCCN(CCCCCCCC)c1ccc(C2=C([O-])C(=CC3=[N+](CCC(=O)O)c4ccccc4C3(CCCC)CCCC)C2=O)cc1. The number of carbonyl (C=O) groups excluding carboxylic acids is 1. The molecule has 0 unspecified atom stereocenters. The highest BCUT2D eigenvalue weighted by Gasteiger charge is 2.51. The zero-order valence-corrected chi connectivity index (χ0v) is 32.8. The van der Waals surface area contributed by atoms with E-state index in [-0.39, 0.29) is 34.5 Å². The summed E-state index contributed by atoms with van der Waals surface area (Å²) in [5, 5.41) is 23.6. The molecule has 0 atom stereocenters. The minimum Gasteiger partial charge on any atom is -0.871 e. The minimum atomic E-state index is -0.864. The van der Waals surface area contributed by atoms with Crippen molar-refractivity contribution in [3.63, 3.8) is 0 Å². The number of para-hydroxylation sites is 1. The van der Waals surface area contributed by atoms with E-state index in [1.165, 1.54) is 82.6 Å². The summed E-state index contributed by atoms with van der Waals surface area (Å²) < 4.78 is 2.08. The lowest BCUT2D eigenvalue weighted by molar-refractivity contribution is -0.436. The summed E-state index contributed by atoms with van der Waals surface area (Å²) in [7, 11) is 0. The molecule has 0 aromatic heterocycles.